The molecule has 0 fully saturated rings. The molecule has 0 aliphatic heterocycles. The fraction of sp³-hybridized carbons (Fsp3) is 0.158. The van der Waals surface area contributed by atoms with Gasteiger partial charge >= 0.3 is 5.97 Å². The van der Waals surface area contributed by atoms with Crippen LogP contribution in [0.15, 0.2) is 42.5 Å². The third-order valence-electron chi connectivity index (χ3n) is 4.46. The van der Waals surface area contributed by atoms with E-state index in [4.69, 9.17) is 15.9 Å². The smallest absolute Gasteiger partial charge is 0.316 e. The Hall–Kier alpha value is -3.68. The summed E-state index contributed by atoms with van der Waals surface area (Å²) in [7, 11) is 1.36. The number of fused-ring (bicyclic) bond motifs is 2. The molecule has 8 heteroatoms. The topological polar surface area (TPSA) is 134 Å². The first kappa shape index (κ1) is 16.8. The molecule has 0 aliphatic carbocycles. The standard InChI is InChI=1S/C19H18N6O2/c1-27-19(26)11(18-24-12-4-2-3-5-13(12)25-18)9-16-22-14-7-6-10(17(20)21)8-15(14)23-16/h2-8,11H,9H2,1H3,(H3,20,21)(H,22,23)(H,24,25). The van der Waals surface area contributed by atoms with Crippen molar-refractivity contribution in [1.29, 1.82) is 5.41 Å². The average Bonchev–Trinajstić information content (AvgIpc) is 3.27. The number of aromatic nitrogens is 4. The maximum Gasteiger partial charge on any atom is 0.316 e. The van der Waals surface area contributed by atoms with E-state index < -0.39 is 5.92 Å². The van der Waals surface area contributed by atoms with Gasteiger partial charge in [-0.25, -0.2) is 9.97 Å². The number of carbonyl (C=O) groups is 1. The van der Waals surface area contributed by atoms with Gasteiger partial charge in [0.1, 0.15) is 23.4 Å². The highest BCUT2D eigenvalue weighted by Gasteiger charge is 2.26. The quantitative estimate of drug-likeness (QED) is 0.245. The van der Waals surface area contributed by atoms with E-state index in [9.17, 15) is 4.79 Å². The zero-order valence-corrected chi connectivity index (χ0v) is 14.6. The summed E-state index contributed by atoms with van der Waals surface area (Å²) < 4.78 is 4.97. The van der Waals surface area contributed by atoms with Gasteiger partial charge in [0.25, 0.3) is 0 Å². The van der Waals surface area contributed by atoms with Crippen LogP contribution in [0.1, 0.15) is 23.1 Å². The van der Waals surface area contributed by atoms with Crippen LogP contribution in [0.5, 0.6) is 0 Å². The first-order chi connectivity index (χ1) is 13.0. The normalized spacial score (nSPS) is 12.3. The number of nitrogen functional groups attached to an aromatic ring is 1. The van der Waals surface area contributed by atoms with E-state index in [1.54, 1.807) is 18.2 Å². The molecule has 4 aromatic rings. The summed E-state index contributed by atoms with van der Waals surface area (Å²) in [6.07, 6.45) is 0.302. The molecule has 5 N–H and O–H groups in total. The van der Waals surface area contributed by atoms with Gasteiger partial charge in [0.15, 0.2) is 0 Å². The first-order valence-corrected chi connectivity index (χ1v) is 8.40. The summed E-state index contributed by atoms with van der Waals surface area (Å²) >= 11 is 0. The molecule has 136 valence electrons. The van der Waals surface area contributed by atoms with Crippen LogP contribution in [0.4, 0.5) is 0 Å². The van der Waals surface area contributed by atoms with Gasteiger partial charge in [-0.3, -0.25) is 10.2 Å². The number of nitrogens with two attached hydrogens (primary N) is 1. The van der Waals surface area contributed by atoms with E-state index >= 15 is 0 Å². The van der Waals surface area contributed by atoms with Crippen LogP contribution in [0, 0.1) is 5.41 Å². The second-order valence-electron chi connectivity index (χ2n) is 6.25. The molecule has 8 nitrogen and oxygen atoms in total. The summed E-state index contributed by atoms with van der Waals surface area (Å²) in [5, 5.41) is 7.55. The number of hydrogen-bond donors (Lipinski definition) is 4. The average molecular weight is 362 g/mol. The van der Waals surface area contributed by atoms with Crippen LogP contribution < -0.4 is 5.73 Å². The van der Waals surface area contributed by atoms with Gasteiger partial charge in [-0.1, -0.05) is 12.1 Å². The molecule has 2 aromatic carbocycles. The molecule has 4 rings (SSSR count). The van der Waals surface area contributed by atoms with E-state index in [2.05, 4.69) is 19.9 Å². The summed E-state index contributed by atoms with van der Waals surface area (Å²) in [5.74, 6) is 0.145. The van der Waals surface area contributed by atoms with Gasteiger partial charge in [-0.15, -0.1) is 0 Å². The largest absolute Gasteiger partial charge is 0.468 e. The molecule has 0 saturated heterocycles. The molecule has 0 spiro atoms. The van der Waals surface area contributed by atoms with Crippen LogP contribution in [0.3, 0.4) is 0 Å². The van der Waals surface area contributed by atoms with Gasteiger partial charge in [-0.2, -0.15) is 0 Å². The number of aromatic amines is 2. The lowest BCUT2D eigenvalue weighted by Gasteiger charge is -2.10. The number of amidine groups is 1. The Morgan fingerprint density at radius 3 is 2.67 bits per heavy atom. The number of carbonyl (C=O) groups excluding carboxylic acids is 1. The van der Waals surface area contributed by atoms with Crippen molar-refractivity contribution in [3.63, 3.8) is 0 Å². The van der Waals surface area contributed by atoms with Crippen molar-refractivity contribution in [1.82, 2.24) is 19.9 Å². The van der Waals surface area contributed by atoms with Crippen molar-refractivity contribution in [2.24, 2.45) is 5.73 Å². The van der Waals surface area contributed by atoms with E-state index in [0.717, 1.165) is 22.1 Å². The molecule has 1 unspecified atom stereocenters. The molecule has 0 aliphatic rings. The number of nitrogens with zero attached hydrogens (tertiary/aromatic N) is 2. The van der Waals surface area contributed by atoms with Gasteiger partial charge in [-0.05, 0) is 30.3 Å². The molecular weight excluding hydrogens is 344 g/mol. The van der Waals surface area contributed by atoms with E-state index in [1.165, 1.54) is 7.11 Å². The minimum absolute atomic E-state index is 0.0113. The van der Waals surface area contributed by atoms with Crippen LogP contribution in [0.25, 0.3) is 22.1 Å². The van der Waals surface area contributed by atoms with Crippen LogP contribution in [0.2, 0.25) is 0 Å². The lowest BCUT2D eigenvalue weighted by atomic mass is 10.0. The highest BCUT2D eigenvalue weighted by atomic mass is 16.5. The number of para-hydroxylation sites is 2. The van der Waals surface area contributed by atoms with Gasteiger partial charge in [0.05, 0.1) is 29.2 Å². The second kappa shape index (κ2) is 6.56. The van der Waals surface area contributed by atoms with Crippen LogP contribution in [-0.4, -0.2) is 38.9 Å². The number of ether oxygens (including phenoxy) is 1. The van der Waals surface area contributed by atoms with E-state index in [1.807, 2.05) is 24.3 Å². The first-order valence-electron chi connectivity index (χ1n) is 8.40. The number of benzene rings is 2. The highest BCUT2D eigenvalue weighted by molar-refractivity contribution is 5.98. The summed E-state index contributed by atoms with van der Waals surface area (Å²) in [5.41, 5.74) is 9.29. The molecule has 27 heavy (non-hydrogen) atoms. The molecule has 0 amide bonds. The second-order valence-corrected chi connectivity index (χ2v) is 6.25. The monoisotopic (exact) mass is 362 g/mol. The van der Waals surface area contributed by atoms with Crippen molar-refractivity contribution in [2.75, 3.05) is 7.11 Å². The predicted molar refractivity (Wildman–Crippen MR) is 102 cm³/mol. The van der Waals surface area contributed by atoms with E-state index in [-0.39, 0.29) is 11.8 Å². The number of rotatable bonds is 5. The SMILES string of the molecule is COC(=O)C(Cc1nc2ccc(C(=N)N)cc2[nH]1)c1nc2ccccc2[nH]1. The zero-order valence-electron chi connectivity index (χ0n) is 14.6. The Morgan fingerprint density at radius 1 is 1.15 bits per heavy atom. The van der Waals surface area contributed by atoms with Gasteiger partial charge < -0.3 is 20.4 Å². The molecule has 0 bridgehead atoms. The Morgan fingerprint density at radius 2 is 1.93 bits per heavy atom. The third kappa shape index (κ3) is 3.12. The number of methoxy groups -OCH3 is 1. The van der Waals surface area contributed by atoms with Crippen molar-refractivity contribution in [3.8, 4) is 0 Å². The Kier molecular flexibility index (Phi) is 4.08. The Balaban J connectivity index is 1.70. The van der Waals surface area contributed by atoms with Crippen LogP contribution in [-0.2, 0) is 16.0 Å². The number of H-pyrrole nitrogens is 2. The third-order valence-corrected chi connectivity index (χ3v) is 4.46. The molecule has 0 radical (unpaired) electrons. The zero-order chi connectivity index (χ0) is 19.0. The number of imidazole rings is 2. The summed E-state index contributed by atoms with van der Waals surface area (Å²) in [6, 6.07) is 12.9. The minimum atomic E-state index is -0.616. The van der Waals surface area contributed by atoms with Crippen molar-refractivity contribution < 1.29 is 9.53 Å². The number of nitrogens with one attached hydrogen (secondary N) is 3. The Labute approximate surface area is 154 Å². The number of esters is 1. The van der Waals surface area contributed by atoms with Crippen molar-refractivity contribution in [3.05, 3.63) is 59.7 Å². The van der Waals surface area contributed by atoms with Crippen LogP contribution >= 0.6 is 0 Å². The van der Waals surface area contributed by atoms with E-state index in [0.29, 0.717) is 23.6 Å². The summed E-state index contributed by atoms with van der Waals surface area (Å²) in [4.78, 5) is 27.8. The fourth-order valence-electron chi connectivity index (χ4n) is 3.09. The lowest BCUT2D eigenvalue weighted by molar-refractivity contribution is -0.142. The van der Waals surface area contributed by atoms with Gasteiger partial charge in [0.2, 0.25) is 0 Å². The maximum atomic E-state index is 12.4. The lowest BCUT2D eigenvalue weighted by Crippen LogP contribution is -2.18. The molecule has 2 heterocycles. The minimum Gasteiger partial charge on any atom is -0.468 e. The van der Waals surface area contributed by atoms with Crippen molar-refractivity contribution in [2.45, 2.75) is 12.3 Å². The van der Waals surface area contributed by atoms with Crippen molar-refractivity contribution >= 4 is 33.9 Å². The predicted octanol–water partition coefficient (Wildman–Crippen LogP) is 2.22. The fourth-order valence-corrected chi connectivity index (χ4v) is 3.09. The Bertz CT molecular complexity index is 1130. The molecule has 1 atom stereocenters. The summed E-state index contributed by atoms with van der Waals surface area (Å²) in [6.45, 7) is 0. The van der Waals surface area contributed by atoms with Gasteiger partial charge in [0, 0.05) is 12.0 Å². The maximum absolute atomic E-state index is 12.4. The highest BCUT2D eigenvalue weighted by Crippen LogP contribution is 2.23. The molecule has 2 aromatic heterocycles. The number of hydrogen-bond acceptors (Lipinski definition) is 5. The molecular formula is C19H18N6O2. The molecule has 0 saturated carbocycles.